The maximum atomic E-state index is 10.4. The van der Waals surface area contributed by atoms with Gasteiger partial charge >= 0.3 is 0 Å². The Hall–Kier alpha value is -1.34. The van der Waals surface area contributed by atoms with Gasteiger partial charge in [-0.2, -0.15) is 0 Å². The predicted molar refractivity (Wildman–Crippen MR) is 101 cm³/mol. The van der Waals surface area contributed by atoms with Crippen LogP contribution in [0.25, 0.3) is 5.69 Å². The number of hydrogen-bond acceptors (Lipinski definition) is 5. The van der Waals surface area contributed by atoms with E-state index in [-0.39, 0.29) is 18.3 Å². The lowest BCUT2D eigenvalue weighted by molar-refractivity contribution is -0.0750. The van der Waals surface area contributed by atoms with Gasteiger partial charge < -0.3 is 9.84 Å². The van der Waals surface area contributed by atoms with E-state index in [1.807, 2.05) is 12.4 Å². The molecule has 1 aliphatic heterocycles. The molecule has 1 saturated heterocycles. The van der Waals surface area contributed by atoms with Crippen LogP contribution in [-0.4, -0.2) is 63.3 Å². The highest BCUT2D eigenvalue weighted by Gasteiger charge is 2.24. The molecule has 2 heterocycles. The molecule has 0 saturated carbocycles. The summed E-state index contributed by atoms with van der Waals surface area (Å²) >= 11 is 1.60. The highest BCUT2D eigenvalue weighted by atomic mass is 32.2. The van der Waals surface area contributed by atoms with E-state index < -0.39 is 0 Å². The maximum Gasteiger partial charge on any atom is 0.172 e. The lowest BCUT2D eigenvalue weighted by Crippen LogP contribution is -2.48. The molecule has 1 aromatic carbocycles. The number of thioether (sulfide) groups is 1. The third-order valence-electron chi connectivity index (χ3n) is 4.26. The monoisotopic (exact) mass is 361 g/mol. The van der Waals surface area contributed by atoms with Crippen molar-refractivity contribution in [1.82, 2.24) is 14.5 Å². The fourth-order valence-electron chi connectivity index (χ4n) is 3.33. The normalized spacial score (nSPS) is 22.9. The molecule has 3 atom stereocenters. The molecule has 0 spiro atoms. The van der Waals surface area contributed by atoms with Crippen molar-refractivity contribution >= 4 is 11.8 Å². The molecule has 1 fully saturated rings. The van der Waals surface area contributed by atoms with E-state index in [2.05, 4.69) is 59.5 Å². The van der Waals surface area contributed by atoms with Gasteiger partial charge in [-0.25, -0.2) is 4.98 Å². The summed E-state index contributed by atoms with van der Waals surface area (Å²) in [4.78, 5) is 6.74. The fourth-order valence-corrected chi connectivity index (χ4v) is 4.21. The Morgan fingerprint density at radius 2 is 2.08 bits per heavy atom. The second-order valence-electron chi connectivity index (χ2n) is 6.86. The maximum absolute atomic E-state index is 10.4. The summed E-state index contributed by atoms with van der Waals surface area (Å²) < 4.78 is 7.82. The number of nitrogens with zero attached hydrogens (tertiary/aromatic N) is 3. The number of aromatic nitrogens is 2. The van der Waals surface area contributed by atoms with Gasteiger partial charge in [0.25, 0.3) is 0 Å². The van der Waals surface area contributed by atoms with Gasteiger partial charge in [-0.3, -0.25) is 9.47 Å². The van der Waals surface area contributed by atoms with Crippen LogP contribution in [0, 0.1) is 6.92 Å². The Bertz CT molecular complexity index is 681. The van der Waals surface area contributed by atoms with Gasteiger partial charge in [0.05, 0.1) is 18.3 Å². The van der Waals surface area contributed by atoms with E-state index in [1.165, 1.54) is 5.56 Å². The second kappa shape index (κ2) is 8.36. The highest BCUT2D eigenvalue weighted by Crippen LogP contribution is 2.22. The van der Waals surface area contributed by atoms with E-state index in [4.69, 9.17) is 4.74 Å². The summed E-state index contributed by atoms with van der Waals surface area (Å²) in [5.74, 6) is 0.628. The summed E-state index contributed by atoms with van der Waals surface area (Å²) in [5, 5.41) is 11.3. The summed E-state index contributed by atoms with van der Waals surface area (Å²) in [6.45, 7) is 8.69. The molecule has 25 heavy (non-hydrogen) atoms. The largest absolute Gasteiger partial charge is 0.391 e. The first-order chi connectivity index (χ1) is 12.0. The SMILES string of the molecule is Cc1cccc(-n2ccnc2SCC(O)CN2CC(C)OC(C)C2)c1. The van der Waals surface area contributed by atoms with Gasteiger partial charge in [0.2, 0.25) is 0 Å². The van der Waals surface area contributed by atoms with Crippen LogP contribution in [0.1, 0.15) is 19.4 Å². The fraction of sp³-hybridized carbons (Fsp3) is 0.526. The molecule has 136 valence electrons. The third-order valence-corrected chi connectivity index (χ3v) is 5.37. The molecule has 0 bridgehead atoms. The van der Waals surface area contributed by atoms with Crippen molar-refractivity contribution in [2.24, 2.45) is 0 Å². The Kier molecular flexibility index (Phi) is 6.17. The Morgan fingerprint density at radius 3 is 2.80 bits per heavy atom. The standard InChI is InChI=1S/C19H27N3O2S/c1-14-5-4-6-17(9-14)22-8-7-20-19(22)25-13-18(23)12-21-10-15(2)24-16(3)11-21/h4-9,15-16,18,23H,10-13H2,1-3H3. The number of imidazole rings is 1. The molecular formula is C19H27N3O2S. The first kappa shape index (κ1) is 18.5. The molecular weight excluding hydrogens is 334 g/mol. The Balaban J connectivity index is 1.56. The first-order valence-electron chi connectivity index (χ1n) is 8.80. The number of aryl methyl sites for hydroxylation is 1. The van der Waals surface area contributed by atoms with Crippen LogP contribution in [-0.2, 0) is 4.74 Å². The minimum absolute atomic E-state index is 0.226. The topological polar surface area (TPSA) is 50.5 Å². The molecule has 3 rings (SSSR count). The molecule has 0 amide bonds. The molecule has 0 radical (unpaired) electrons. The van der Waals surface area contributed by atoms with Crippen molar-refractivity contribution in [2.75, 3.05) is 25.4 Å². The molecule has 1 N–H and O–H groups in total. The highest BCUT2D eigenvalue weighted by molar-refractivity contribution is 7.99. The molecule has 1 aromatic heterocycles. The van der Waals surface area contributed by atoms with Crippen LogP contribution < -0.4 is 0 Å². The van der Waals surface area contributed by atoms with Gasteiger partial charge in [-0.05, 0) is 38.5 Å². The lowest BCUT2D eigenvalue weighted by atomic mass is 10.2. The number of aliphatic hydroxyl groups is 1. The number of hydrogen-bond donors (Lipinski definition) is 1. The van der Waals surface area contributed by atoms with Crippen LogP contribution in [0.15, 0.2) is 41.8 Å². The van der Waals surface area contributed by atoms with Crippen LogP contribution >= 0.6 is 11.8 Å². The zero-order chi connectivity index (χ0) is 17.8. The van der Waals surface area contributed by atoms with Crippen molar-refractivity contribution < 1.29 is 9.84 Å². The van der Waals surface area contributed by atoms with Gasteiger partial charge in [-0.15, -0.1) is 0 Å². The lowest BCUT2D eigenvalue weighted by Gasteiger charge is -2.36. The quantitative estimate of drug-likeness (QED) is 0.802. The number of benzene rings is 1. The van der Waals surface area contributed by atoms with Crippen molar-refractivity contribution in [2.45, 2.75) is 44.2 Å². The molecule has 2 aromatic rings. The summed E-state index contributed by atoms with van der Waals surface area (Å²) in [5.41, 5.74) is 2.32. The number of rotatable bonds is 6. The average molecular weight is 362 g/mol. The van der Waals surface area contributed by atoms with Crippen LogP contribution in [0.3, 0.4) is 0 Å². The summed E-state index contributed by atoms with van der Waals surface area (Å²) in [6, 6.07) is 8.35. The summed E-state index contributed by atoms with van der Waals surface area (Å²) in [7, 11) is 0. The van der Waals surface area contributed by atoms with Gasteiger partial charge in [0, 0.05) is 43.5 Å². The Labute approximate surface area is 154 Å². The van der Waals surface area contributed by atoms with Gasteiger partial charge in [0.1, 0.15) is 0 Å². The van der Waals surface area contributed by atoms with Crippen molar-refractivity contribution in [3.63, 3.8) is 0 Å². The van der Waals surface area contributed by atoms with Crippen LogP contribution in [0.5, 0.6) is 0 Å². The number of aliphatic hydroxyl groups excluding tert-OH is 1. The van der Waals surface area contributed by atoms with Crippen LogP contribution in [0.2, 0.25) is 0 Å². The van der Waals surface area contributed by atoms with Crippen molar-refractivity contribution in [3.05, 3.63) is 42.2 Å². The average Bonchev–Trinajstić information content (AvgIpc) is 3.00. The molecule has 1 aliphatic rings. The smallest absolute Gasteiger partial charge is 0.172 e. The van der Waals surface area contributed by atoms with Crippen molar-refractivity contribution in [1.29, 1.82) is 0 Å². The molecule has 6 heteroatoms. The molecule has 3 unspecified atom stereocenters. The predicted octanol–water partition coefficient (Wildman–Crippen LogP) is 2.74. The Morgan fingerprint density at radius 1 is 1.32 bits per heavy atom. The van der Waals surface area contributed by atoms with E-state index in [9.17, 15) is 5.11 Å². The second-order valence-corrected chi connectivity index (χ2v) is 7.85. The number of β-amino-alcohol motifs (C(OH)–C–C–N with tert-alkyl or cyclic N) is 1. The van der Waals surface area contributed by atoms with E-state index in [0.717, 1.165) is 23.9 Å². The minimum atomic E-state index is -0.384. The number of morpholine rings is 1. The molecule has 0 aliphatic carbocycles. The molecule has 5 nitrogen and oxygen atoms in total. The minimum Gasteiger partial charge on any atom is -0.391 e. The van der Waals surface area contributed by atoms with Crippen LogP contribution in [0.4, 0.5) is 0 Å². The zero-order valence-corrected chi connectivity index (χ0v) is 15.9. The third kappa shape index (κ3) is 5.07. The van der Waals surface area contributed by atoms with Crippen molar-refractivity contribution in [3.8, 4) is 5.69 Å². The van der Waals surface area contributed by atoms with Gasteiger partial charge in [-0.1, -0.05) is 23.9 Å². The van der Waals surface area contributed by atoms with E-state index in [1.54, 1.807) is 11.8 Å². The summed E-state index contributed by atoms with van der Waals surface area (Å²) in [6.07, 6.45) is 3.84. The van der Waals surface area contributed by atoms with E-state index >= 15 is 0 Å². The van der Waals surface area contributed by atoms with E-state index in [0.29, 0.717) is 12.3 Å². The first-order valence-corrected chi connectivity index (χ1v) is 9.79. The zero-order valence-electron chi connectivity index (χ0n) is 15.1. The van der Waals surface area contributed by atoms with Gasteiger partial charge in [0.15, 0.2) is 5.16 Å². The number of ether oxygens (including phenoxy) is 1.